The Morgan fingerprint density at radius 2 is 2.40 bits per heavy atom. The van der Waals surface area contributed by atoms with Gasteiger partial charge in [-0.1, -0.05) is 6.92 Å². The standard InChI is InChI=1S/C12H17N3O5/c1-2-8-5-13-10(20-8)6-14-12(18)15-3-4-19-9(7-15)11(16)17/h5,9H,2-4,6-7H2,1H3,(H,14,18)(H,16,17). The largest absolute Gasteiger partial charge is 0.479 e. The van der Waals surface area contributed by atoms with Crippen LogP contribution in [0.5, 0.6) is 0 Å². The van der Waals surface area contributed by atoms with Crippen LogP contribution in [0.4, 0.5) is 4.79 Å². The minimum absolute atomic E-state index is 0.0347. The Balaban J connectivity index is 1.83. The molecule has 8 heteroatoms. The molecular formula is C12H17N3O5. The zero-order valence-corrected chi connectivity index (χ0v) is 11.2. The van der Waals surface area contributed by atoms with Crippen molar-refractivity contribution in [2.24, 2.45) is 0 Å². The number of carbonyl (C=O) groups is 2. The van der Waals surface area contributed by atoms with Crippen LogP contribution in [0, 0.1) is 0 Å². The highest BCUT2D eigenvalue weighted by atomic mass is 16.5. The number of urea groups is 1. The smallest absolute Gasteiger partial charge is 0.334 e. The van der Waals surface area contributed by atoms with E-state index in [1.165, 1.54) is 4.90 Å². The molecule has 0 saturated carbocycles. The molecular weight excluding hydrogens is 266 g/mol. The fraction of sp³-hybridized carbons (Fsp3) is 0.583. The number of nitrogens with one attached hydrogen (secondary N) is 1. The number of rotatable bonds is 4. The van der Waals surface area contributed by atoms with Crippen LogP contribution in [0.3, 0.4) is 0 Å². The van der Waals surface area contributed by atoms with Gasteiger partial charge in [0.1, 0.15) is 5.76 Å². The molecule has 1 atom stereocenters. The second kappa shape index (κ2) is 6.38. The summed E-state index contributed by atoms with van der Waals surface area (Å²) in [7, 11) is 0. The van der Waals surface area contributed by atoms with Gasteiger partial charge in [0, 0.05) is 13.0 Å². The topological polar surface area (TPSA) is 105 Å². The number of aliphatic carboxylic acids is 1. The van der Waals surface area contributed by atoms with Crippen molar-refractivity contribution >= 4 is 12.0 Å². The van der Waals surface area contributed by atoms with Crippen LogP contribution in [0.2, 0.25) is 0 Å². The summed E-state index contributed by atoms with van der Waals surface area (Å²) >= 11 is 0. The molecule has 0 radical (unpaired) electrons. The summed E-state index contributed by atoms with van der Waals surface area (Å²) < 4.78 is 10.4. The number of carboxylic acids is 1. The van der Waals surface area contributed by atoms with Gasteiger partial charge in [0.2, 0.25) is 5.89 Å². The average molecular weight is 283 g/mol. The fourth-order valence-electron chi connectivity index (χ4n) is 1.84. The highest BCUT2D eigenvalue weighted by Crippen LogP contribution is 2.07. The van der Waals surface area contributed by atoms with Crippen LogP contribution >= 0.6 is 0 Å². The number of ether oxygens (including phenoxy) is 1. The molecule has 2 N–H and O–H groups in total. The predicted molar refractivity (Wildman–Crippen MR) is 67.1 cm³/mol. The second-order valence-corrected chi connectivity index (χ2v) is 4.38. The quantitative estimate of drug-likeness (QED) is 0.819. The normalized spacial score (nSPS) is 18.9. The molecule has 20 heavy (non-hydrogen) atoms. The van der Waals surface area contributed by atoms with Gasteiger partial charge in [0.05, 0.1) is 25.9 Å². The lowest BCUT2D eigenvalue weighted by Gasteiger charge is -2.30. The Morgan fingerprint density at radius 1 is 1.60 bits per heavy atom. The van der Waals surface area contributed by atoms with E-state index in [1.807, 2.05) is 6.92 Å². The molecule has 1 aliphatic heterocycles. The van der Waals surface area contributed by atoms with E-state index in [4.69, 9.17) is 14.3 Å². The molecule has 0 aliphatic carbocycles. The maximum atomic E-state index is 11.9. The van der Waals surface area contributed by atoms with Crippen molar-refractivity contribution in [2.75, 3.05) is 19.7 Å². The summed E-state index contributed by atoms with van der Waals surface area (Å²) in [5.41, 5.74) is 0. The van der Waals surface area contributed by atoms with Gasteiger partial charge in [-0.2, -0.15) is 0 Å². The number of oxazole rings is 1. The van der Waals surface area contributed by atoms with Crippen LogP contribution in [0.25, 0.3) is 0 Å². The molecule has 1 aromatic rings. The zero-order valence-electron chi connectivity index (χ0n) is 11.2. The van der Waals surface area contributed by atoms with Gasteiger partial charge >= 0.3 is 12.0 Å². The number of amides is 2. The van der Waals surface area contributed by atoms with E-state index in [2.05, 4.69) is 10.3 Å². The molecule has 8 nitrogen and oxygen atoms in total. The molecule has 0 aromatic carbocycles. The monoisotopic (exact) mass is 283 g/mol. The van der Waals surface area contributed by atoms with Crippen molar-refractivity contribution in [2.45, 2.75) is 26.0 Å². The minimum atomic E-state index is -1.07. The molecule has 2 rings (SSSR count). The maximum Gasteiger partial charge on any atom is 0.334 e. The number of hydrogen-bond acceptors (Lipinski definition) is 5. The Labute approximate surface area is 115 Å². The molecule has 2 heterocycles. The third kappa shape index (κ3) is 3.47. The van der Waals surface area contributed by atoms with Crippen molar-refractivity contribution < 1.29 is 23.8 Å². The van der Waals surface area contributed by atoms with Gasteiger partial charge < -0.3 is 24.5 Å². The Hall–Kier alpha value is -2.09. The zero-order chi connectivity index (χ0) is 14.5. The van der Waals surface area contributed by atoms with Crippen LogP contribution in [-0.2, 0) is 22.5 Å². The van der Waals surface area contributed by atoms with E-state index in [0.29, 0.717) is 12.4 Å². The first kappa shape index (κ1) is 14.3. The van der Waals surface area contributed by atoms with Gasteiger partial charge in [0.25, 0.3) is 0 Å². The lowest BCUT2D eigenvalue weighted by Crippen LogP contribution is -2.51. The maximum absolute atomic E-state index is 11.9. The molecule has 2 amide bonds. The predicted octanol–water partition coefficient (Wildman–Crippen LogP) is 0.232. The third-order valence-corrected chi connectivity index (χ3v) is 2.97. The van der Waals surface area contributed by atoms with Gasteiger partial charge in [-0.05, 0) is 0 Å². The molecule has 110 valence electrons. The summed E-state index contributed by atoms with van der Waals surface area (Å²) in [6, 6.07) is -0.351. The number of carbonyl (C=O) groups excluding carboxylic acids is 1. The first-order chi connectivity index (χ1) is 9.60. The number of hydrogen-bond donors (Lipinski definition) is 2. The van der Waals surface area contributed by atoms with E-state index in [0.717, 1.165) is 12.2 Å². The molecule has 1 unspecified atom stereocenters. The van der Waals surface area contributed by atoms with Crippen molar-refractivity contribution in [1.82, 2.24) is 15.2 Å². The second-order valence-electron chi connectivity index (χ2n) is 4.38. The van der Waals surface area contributed by atoms with Crippen LogP contribution in [-0.4, -0.2) is 52.8 Å². The summed E-state index contributed by atoms with van der Waals surface area (Å²) in [6.07, 6.45) is 1.39. The van der Waals surface area contributed by atoms with Crippen LogP contribution in [0.1, 0.15) is 18.6 Å². The lowest BCUT2D eigenvalue weighted by molar-refractivity contribution is -0.154. The van der Waals surface area contributed by atoms with E-state index in [1.54, 1.807) is 6.20 Å². The summed E-state index contributed by atoms with van der Waals surface area (Å²) in [5, 5.41) is 11.5. The SMILES string of the molecule is CCc1cnc(CNC(=O)N2CCOC(C(=O)O)C2)o1. The molecule has 0 bridgehead atoms. The molecule has 1 aliphatic rings. The summed E-state index contributed by atoms with van der Waals surface area (Å²) in [4.78, 5) is 28.2. The van der Waals surface area contributed by atoms with E-state index in [9.17, 15) is 9.59 Å². The molecule has 1 aromatic heterocycles. The number of morpholine rings is 1. The first-order valence-electron chi connectivity index (χ1n) is 6.41. The summed E-state index contributed by atoms with van der Waals surface area (Å²) in [5.74, 6) is 0.118. The average Bonchev–Trinajstić information content (AvgIpc) is 2.93. The Bertz CT molecular complexity index is 487. The number of carboxylic acid groups (broad SMARTS) is 1. The molecule has 1 saturated heterocycles. The number of nitrogens with zero attached hydrogens (tertiary/aromatic N) is 2. The van der Waals surface area contributed by atoms with Crippen molar-refractivity contribution in [3.05, 3.63) is 17.8 Å². The van der Waals surface area contributed by atoms with Gasteiger partial charge in [-0.15, -0.1) is 0 Å². The van der Waals surface area contributed by atoms with Crippen molar-refractivity contribution in [3.8, 4) is 0 Å². The number of aromatic nitrogens is 1. The van der Waals surface area contributed by atoms with Crippen LogP contribution < -0.4 is 5.32 Å². The highest BCUT2D eigenvalue weighted by Gasteiger charge is 2.28. The Kier molecular flexibility index (Phi) is 4.57. The van der Waals surface area contributed by atoms with E-state index in [-0.39, 0.29) is 25.7 Å². The van der Waals surface area contributed by atoms with E-state index < -0.39 is 12.1 Å². The van der Waals surface area contributed by atoms with Gasteiger partial charge in [-0.25, -0.2) is 14.6 Å². The highest BCUT2D eigenvalue weighted by molar-refractivity contribution is 5.77. The Morgan fingerprint density at radius 3 is 3.05 bits per heavy atom. The van der Waals surface area contributed by atoms with Crippen LogP contribution in [0.15, 0.2) is 10.6 Å². The van der Waals surface area contributed by atoms with Crippen molar-refractivity contribution in [1.29, 1.82) is 0 Å². The van der Waals surface area contributed by atoms with Gasteiger partial charge in [0.15, 0.2) is 6.10 Å². The first-order valence-corrected chi connectivity index (χ1v) is 6.41. The number of aryl methyl sites for hydroxylation is 1. The molecule has 1 fully saturated rings. The van der Waals surface area contributed by atoms with Crippen molar-refractivity contribution in [3.63, 3.8) is 0 Å². The molecule has 0 spiro atoms. The minimum Gasteiger partial charge on any atom is -0.479 e. The fourth-order valence-corrected chi connectivity index (χ4v) is 1.84. The van der Waals surface area contributed by atoms with Gasteiger partial charge in [-0.3, -0.25) is 0 Å². The van der Waals surface area contributed by atoms with E-state index >= 15 is 0 Å². The third-order valence-electron chi connectivity index (χ3n) is 2.97. The lowest BCUT2D eigenvalue weighted by atomic mass is 10.3. The summed E-state index contributed by atoms with van der Waals surface area (Å²) in [6.45, 7) is 2.73.